The van der Waals surface area contributed by atoms with Crippen molar-refractivity contribution in [1.82, 2.24) is 15.0 Å². The van der Waals surface area contributed by atoms with E-state index in [-0.39, 0.29) is 31.2 Å². The maximum absolute atomic E-state index is 13.4. The number of fused-ring (bicyclic) bond motifs is 3. The number of benzene rings is 2. The molecule has 0 unspecified atom stereocenters. The molecule has 4 aromatic heterocycles. The van der Waals surface area contributed by atoms with E-state index in [4.69, 9.17) is 4.42 Å². The molecule has 2 aromatic carbocycles. The summed E-state index contributed by atoms with van der Waals surface area (Å²) in [4.78, 5) is 13.0. The van der Waals surface area contributed by atoms with Gasteiger partial charge in [-0.2, -0.15) is 9.37 Å². The van der Waals surface area contributed by atoms with Crippen LogP contribution in [0.4, 0.5) is 4.39 Å². The van der Waals surface area contributed by atoms with E-state index >= 15 is 0 Å². The Labute approximate surface area is 280 Å². The number of pyridine rings is 3. The monoisotopic (exact) mass is 794 g/mol. The molecule has 0 aliphatic heterocycles. The van der Waals surface area contributed by atoms with Gasteiger partial charge in [0.15, 0.2) is 0 Å². The normalized spacial score (nSPS) is 11.8. The summed E-state index contributed by atoms with van der Waals surface area (Å²) in [5, 5.41) is 3.16. The van der Waals surface area contributed by atoms with Crippen LogP contribution in [0.25, 0.3) is 44.6 Å². The molecule has 45 heavy (non-hydrogen) atoms. The predicted octanol–water partition coefficient (Wildman–Crippen LogP) is 9.57. The van der Waals surface area contributed by atoms with Gasteiger partial charge in [0.1, 0.15) is 0 Å². The van der Waals surface area contributed by atoms with Crippen molar-refractivity contribution in [3.05, 3.63) is 108 Å². The molecule has 235 valence electrons. The molecule has 4 nitrogen and oxygen atoms in total. The summed E-state index contributed by atoms with van der Waals surface area (Å²) in [6.45, 7) is 18.2. The molecule has 0 aliphatic carbocycles. The Morgan fingerprint density at radius 1 is 0.889 bits per heavy atom. The molecule has 4 heterocycles. The number of aromatic nitrogens is 3. The van der Waals surface area contributed by atoms with Crippen LogP contribution >= 0.6 is 0 Å². The second-order valence-corrected chi connectivity index (χ2v) is 18.8. The zero-order chi connectivity index (χ0) is 31.6. The zero-order valence-electron chi connectivity index (χ0n) is 27.3. The number of halogens is 1. The molecule has 0 saturated carbocycles. The number of nitrogens with zero attached hydrogens (tertiary/aromatic N) is 3. The number of hydrogen-bond donors (Lipinski definition) is 0. The summed E-state index contributed by atoms with van der Waals surface area (Å²) in [5.41, 5.74) is 7.26. The van der Waals surface area contributed by atoms with Crippen LogP contribution in [-0.4, -0.2) is 23.0 Å². The fraction of sp³-hybridized carbons (Fsp3) is 0.289. The van der Waals surface area contributed by atoms with Gasteiger partial charge in [-0.05, 0) is 58.1 Å². The average Bonchev–Trinajstić information content (AvgIpc) is 3.34. The molecular weight excluding hydrogens is 754 g/mol. The Morgan fingerprint density at radius 3 is 2.33 bits per heavy atom. The van der Waals surface area contributed by atoms with Crippen LogP contribution in [0.3, 0.4) is 0 Å². The van der Waals surface area contributed by atoms with Crippen molar-refractivity contribution in [2.24, 2.45) is 5.92 Å². The molecule has 6 rings (SSSR count). The number of furan rings is 1. The van der Waals surface area contributed by atoms with E-state index in [0.717, 1.165) is 39.7 Å². The van der Waals surface area contributed by atoms with Gasteiger partial charge in [0.05, 0.1) is 13.7 Å². The van der Waals surface area contributed by atoms with Crippen LogP contribution < -0.4 is 5.19 Å². The van der Waals surface area contributed by atoms with Gasteiger partial charge in [-0.25, -0.2) is 0 Å². The van der Waals surface area contributed by atoms with Gasteiger partial charge >= 0.3 is 0 Å². The molecule has 0 amide bonds. The third kappa shape index (κ3) is 8.02. The van der Waals surface area contributed by atoms with Crippen LogP contribution in [0.5, 0.6) is 0 Å². The topological polar surface area (TPSA) is 51.8 Å². The maximum Gasteiger partial charge on any atom is 0.218 e. The molecule has 0 atom stereocenters. The fourth-order valence-corrected chi connectivity index (χ4v) is 6.89. The molecule has 0 saturated heterocycles. The minimum Gasteiger partial charge on any atom is -0.486 e. The van der Waals surface area contributed by atoms with E-state index in [9.17, 15) is 4.39 Å². The van der Waals surface area contributed by atoms with Crippen LogP contribution in [0, 0.1) is 24.0 Å². The van der Waals surface area contributed by atoms with Crippen molar-refractivity contribution >= 4 is 35.3 Å². The molecule has 0 fully saturated rings. The third-order valence-electron chi connectivity index (χ3n) is 7.56. The molecule has 0 aliphatic rings. The first kappa shape index (κ1) is 34.4. The van der Waals surface area contributed by atoms with Gasteiger partial charge in [-0.3, -0.25) is 0 Å². The van der Waals surface area contributed by atoms with E-state index in [0.29, 0.717) is 11.5 Å². The second kappa shape index (κ2) is 13.9. The smallest absolute Gasteiger partial charge is 0.218 e. The van der Waals surface area contributed by atoms with Crippen molar-refractivity contribution in [2.45, 2.75) is 66.1 Å². The van der Waals surface area contributed by atoms with Gasteiger partial charge in [0, 0.05) is 37.9 Å². The first-order valence-electron chi connectivity index (χ1n) is 15.1. The predicted molar refractivity (Wildman–Crippen MR) is 182 cm³/mol. The Morgan fingerprint density at radius 2 is 1.67 bits per heavy atom. The van der Waals surface area contributed by atoms with Crippen LogP contribution in [-0.2, 0) is 31.9 Å². The third-order valence-corrected chi connectivity index (χ3v) is 9.62. The molecular formula is C38H40FIrN3OSi-2. The van der Waals surface area contributed by atoms with Gasteiger partial charge in [0.25, 0.3) is 0 Å². The summed E-state index contributed by atoms with van der Waals surface area (Å²) < 4.78 is 19.2. The van der Waals surface area contributed by atoms with Crippen LogP contribution in [0.2, 0.25) is 19.6 Å². The zero-order valence-corrected chi connectivity index (χ0v) is 30.6. The SMILES string of the molecule is CC(C)(C)c1ccnc(-c2[c-]ccc3c2oc2nc(F)ccc23)c1.CC(C)Cc1cc(-c2[c-]cccc2)ncc1[Si](C)(C)C.[Ir]. The van der Waals surface area contributed by atoms with E-state index < -0.39 is 14.0 Å². The summed E-state index contributed by atoms with van der Waals surface area (Å²) in [6.07, 6.45) is 5.03. The Bertz CT molecular complexity index is 1910. The summed E-state index contributed by atoms with van der Waals surface area (Å²) >= 11 is 0. The van der Waals surface area contributed by atoms with Crippen LogP contribution in [0.1, 0.15) is 45.7 Å². The van der Waals surface area contributed by atoms with Crippen molar-refractivity contribution in [1.29, 1.82) is 0 Å². The van der Waals surface area contributed by atoms with Crippen molar-refractivity contribution in [3.8, 4) is 22.5 Å². The molecule has 1 radical (unpaired) electrons. The number of rotatable bonds is 5. The minimum absolute atomic E-state index is 0. The Kier molecular flexibility index (Phi) is 10.6. The van der Waals surface area contributed by atoms with E-state index in [1.54, 1.807) is 12.3 Å². The van der Waals surface area contributed by atoms with E-state index in [2.05, 4.69) is 99.7 Å². The van der Waals surface area contributed by atoms with Crippen LogP contribution in [0.15, 0.2) is 83.5 Å². The Balaban J connectivity index is 0.000000204. The van der Waals surface area contributed by atoms with Gasteiger partial charge in [-0.1, -0.05) is 82.9 Å². The molecule has 7 heteroatoms. The van der Waals surface area contributed by atoms with E-state index in [1.165, 1.54) is 22.4 Å². The van der Waals surface area contributed by atoms with E-state index in [1.807, 2.05) is 42.5 Å². The van der Waals surface area contributed by atoms with Gasteiger partial charge in [0.2, 0.25) is 11.7 Å². The molecule has 6 aromatic rings. The first-order valence-corrected chi connectivity index (χ1v) is 18.6. The summed E-state index contributed by atoms with van der Waals surface area (Å²) in [6, 6.07) is 27.6. The molecule has 0 N–H and O–H groups in total. The Hall–Kier alpha value is -3.51. The average molecular weight is 794 g/mol. The van der Waals surface area contributed by atoms with Gasteiger partial charge < -0.3 is 14.4 Å². The minimum atomic E-state index is -1.34. The van der Waals surface area contributed by atoms with Gasteiger partial charge in [-0.15, -0.1) is 54.1 Å². The molecule has 0 spiro atoms. The second-order valence-electron chi connectivity index (χ2n) is 13.7. The van der Waals surface area contributed by atoms with Crippen molar-refractivity contribution in [2.75, 3.05) is 0 Å². The fourth-order valence-electron chi connectivity index (χ4n) is 5.30. The number of hydrogen-bond acceptors (Lipinski definition) is 4. The quantitative estimate of drug-likeness (QED) is 0.0992. The standard InChI is InChI=1S/C20H16FN2O.C18H24NSi.Ir/c1-20(2,3)12-9-10-22-16(11-12)15-6-4-5-13-14-7-8-17(21)23-19(14)24-18(13)15;1-14(2)11-16-12-17(15-9-7-6-8-10-15)19-13-18(16)20(3,4)5;/h4-5,7-11H,1-3H3;6-9,12-14H,11H2,1-5H3;/q2*-1;. The maximum atomic E-state index is 13.4. The summed E-state index contributed by atoms with van der Waals surface area (Å²) in [7, 11) is -1.34. The largest absolute Gasteiger partial charge is 0.486 e. The molecule has 0 bridgehead atoms. The van der Waals surface area contributed by atoms with Crippen molar-refractivity contribution < 1.29 is 28.9 Å². The first-order chi connectivity index (χ1) is 20.8. The summed E-state index contributed by atoms with van der Waals surface area (Å²) in [5.74, 6) is 0.111. The van der Waals surface area contributed by atoms with Crippen molar-refractivity contribution in [3.63, 3.8) is 0 Å².